The number of hydrogen-bond acceptors (Lipinski definition) is 2. The summed E-state index contributed by atoms with van der Waals surface area (Å²) in [5, 5.41) is 3.93. The summed E-state index contributed by atoms with van der Waals surface area (Å²) in [6.07, 6.45) is 3.47. The molecule has 1 saturated carbocycles. The van der Waals surface area contributed by atoms with Gasteiger partial charge in [-0.05, 0) is 62.7 Å². The third kappa shape index (κ3) is 4.07. The van der Waals surface area contributed by atoms with Gasteiger partial charge in [-0.25, -0.2) is 0 Å². The zero-order chi connectivity index (χ0) is 16.4. The second kappa shape index (κ2) is 7.23. The van der Waals surface area contributed by atoms with Crippen molar-refractivity contribution in [1.29, 1.82) is 0 Å². The van der Waals surface area contributed by atoms with Crippen LogP contribution in [0.25, 0.3) is 0 Å². The van der Waals surface area contributed by atoms with Crippen molar-refractivity contribution in [2.45, 2.75) is 45.1 Å². The van der Waals surface area contributed by atoms with Crippen LogP contribution < -0.4 is 5.32 Å². The number of amides is 1. The van der Waals surface area contributed by atoms with Crippen molar-refractivity contribution >= 4 is 17.5 Å². The van der Waals surface area contributed by atoms with E-state index in [0.717, 1.165) is 42.6 Å². The summed E-state index contributed by atoms with van der Waals surface area (Å²) in [6, 6.07) is 8.30. The molecule has 1 aliphatic carbocycles. The number of carbonyl (C=O) groups is 1. The van der Waals surface area contributed by atoms with Crippen LogP contribution in [-0.2, 0) is 4.79 Å². The largest absolute Gasteiger partial charge is 0.354 e. The molecule has 3 unspecified atom stereocenters. The highest BCUT2D eigenvalue weighted by Gasteiger charge is 2.44. The molecule has 126 valence electrons. The predicted molar refractivity (Wildman–Crippen MR) is 94.7 cm³/mol. The lowest BCUT2D eigenvalue weighted by molar-refractivity contribution is -0.122. The Labute approximate surface area is 144 Å². The topological polar surface area (TPSA) is 32.3 Å². The van der Waals surface area contributed by atoms with Crippen LogP contribution in [0.15, 0.2) is 24.3 Å². The van der Waals surface area contributed by atoms with Crippen molar-refractivity contribution in [1.82, 2.24) is 10.2 Å². The molecule has 1 aromatic carbocycles. The summed E-state index contributed by atoms with van der Waals surface area (Å²) >= 11 is 6.23. The van der Waals surface area contributed by atoms with Crippen molar-refractivity contribution < 1.29 is 4.79 Å². The van der Waals surface area contributed by atoms with Crippen LogP contribution in [0.3, 0.4) is 0 Å². The van der Waals surface area contributed by atoms with E-state index < -0.39 is 0 Å². The minimum absolute atomic E-state index is 0.100. The molecule has 0 bridgehead atoms. The Morgan fingerprint density at radius 1 is 1.35 bits per heavy atom. The Morgan fingerprint density at radius 2 is 2.04 bits per heavy atom. The van der Waals surface area contributed by atoms with Gasteiger partial charge in [0, 0.05) is 23.5 Å². The van der Waals surface area contributed by atoms with Crippen molar-refractivity contribution in [2.24, 2.45) is 11.8 Å². The fraction of sp³-hybridized carbons (Fsp3) is 0.632. The van der Waals surface area contributed by atoms with Crippen LogP contribution in [0.1, 0.15) is 44.6 Å². The van der Waals surface area contributed by atoms with E-state index in [1.54, 1.807) is 0 Å². The third-order valence-electron chi connectivity index (χ3n) is 5.45. The van der Waals surface area contributed by atoms with E-state index in [9.17, 15) is 4.79 Å². The first-order valence-corrected chi connectivity index (χ1v) is 9.20. The van der Waals surface area contributed by atoms with Crippen molar-refractivity contribution in [3.05, 3.63) is 34.9 Å². The summed E-state index contributed by atoms with van der Waals surface area (Å²) in [7, 11) is 0. The highest BCUT2D eigenvalue weighted by atomic mass is 35.5. The number of benzene rings is 1. The predicted octanol–water partition coefficient (Wildman–Crippen LogP) is 3.68. The van der Waals surface area contributed by atoms with Crippen LogP contribution in [0, 0.1) is 11.8 Å². The molecule has 3 atom stereocenters. The lowest BCUT2D eigenvalue weighted by Gasteiger charge is -2.35. The molecular formula is C19H27ClN2O. The van der Waals surface area contributed by atoms with E-state index >= 15 is 0 Å². The lowest BCUT2D eigenvalue weighted by Crippen LogP contribution is -2.45. The Bertz CT molecular complexity index is 554. The molecule has 0 spiro atoms. The van der Waals surface area contributed by atoms with Gasteiger partial charge in [0.1, 0.15) is 0 Å². The number of likely N-dealkylation sites (tertiary alicyclic amines) is 1. The minimum Gasteiger partial charge on any atom is -0.354 e. The smallest absolute Gasteiger partial charge is 0.223 e. The first-order chi connectivity index (χ1) is 11.1. The van der Waals surface area contributed by atoms with Crippen LogP contribution in [0.4, 0.5) is 0 Å². The van der Waals surface area contributed by atoms with Crippen molar-refractivity contribution in [3.8, 4) is 0 Å². The Balaban J connectivity index is 1.45. The van der Waals surface area contributed by atoms with E-state index in [-0.39, 0.29) is 11.8 Å². The first-order valence-electron chi connectivity index (χ1n) is 8.82. The first kappa shape index (κ1) is 16.8. The maximum atomic E-state index is 12.4. The monoisotopic (exact) mass is 334 g/mol. The second-order valence-electron chi connectivity index (χ2n) is 7.28. The number of halogens is 1. The summed E-state index contributed by atoms with van der Waals surface area (Å²) < 4.78 is 0. The third-order valence-corrected chi connectivity index (χ3v) is 5.79. The number of rotatable bonds is 5. The molecule has 23 heavy (non-hydrogen) atoms. The summed E-state index contributed by atoms with van der Waals surface area (Å²) in [6.45, 7) is 7.60. The second-order valence-corrected chi connectivity index (χ2v) is 7.69. The zero-order valence-corrected chi connectivity index (χ0v) is 14.9. The van der Waals surface area contributed by atoms with Gasteiger partial charge in [0.25, 0.3) is 0 Å². The van der Waals surface area contributed by atoms with E-state index in [4.69, 9.17) is 11.6 Å². The highest BCUT2D eigenvalue weighted by molar-refractivity contribution is 6.31. The van der Waals surface area contributed by atoms with Gasteiger partial charge < -0.3 is 5.32 Å². The molecule has 1 aromatic rings. The van der Waals surface area contributed by atoms with Crippen molar-refractivity contribution in [3.63, 3.8) is 0 Å². The molecule has 4 heteroatoms. The van der Waals surface area contributed by atoms with Crippen LogP contribution >= 0.6 is 11.6 Å². The molecule has 1 heterocycles. The molecule has 2 aliphatic rings. The average molecular weight is 335 g/mol. The lowest BCUT2D eigenvalue weighted by atomic mass is 9.98. The molecule has 1 aliphatic heterocycles. The molecule has 3 rings (SSSR count). The standard InChI is InChI=1S/C19H27ClN2O/c1-13-7-9-22(10-8-13)14(2)12-21-19(23)17-11-16(17)15-5-3-4-6-18(15)20/h3-6,13-14,16-17H,7-12H2,1-2H3,(H,21,23). The van der Waals surface area contributed by atoms with Gasteiger partial charge in [-0.2, -0.15) is 0 Å². The quantitative estimate of drug-likeness (QED) is 0.890. The highest BCUT2D eigenvalue weighted by Crippen LogP contribution is 2.49. The SMILES string of the molecule is CC1CCN(C(C)CNC(=O)C2CC2c2ccccc2Cl)CC1. The number of nitrogens with zero attached hydrogens (tertiary/aromatic N) is 1. The molecule has 3 nitrogen and oxygen atoms in total. The molecular weight excluding hydrogens is 308 g/mol. The maximum absolute atomic E-state index is 12.4. The molecule has 1 N–H and O–H groups in total. The van der Waals surface area contributed by atoms with Gasteiger partial charge >= 0.3 is 0 Å². The fourth-order valence-electron chi connectivity index (χ4n) is 3.58. The summed E-state index contributed by atoms with van der Waals surface area (Å²) in [4.78, 5) is 14.9. The number of nitrogens with one attached hydrogen (secondary N) is 1. The van der Waals surface area contributed by atoms with Crippen LogP contribution in [0.5, 0.6) is 0 Å². The molecule has 0 radical (unpaired) electrons. The normalized spacial score (nSPS) is 26.7. The van der Waals surface area contributed by atoms with Gasteiger partial charge in [0.05, 0.1) is 0 Å². The Hall–Kier alpha value is -1.06. The average Bonchev–Trinajstić information content (AvgIpc) is 3.34. The van der Waals surface area contributed by atoms with Crippen molar-refractivity contribution in [2.75, 3.05) is 19.6 Å². The van der Waals surface area contributed by atoms with E-state index in [1.165, 1.54) is 12.8 Å². The number of hydrogen-bond donors (Lipinski definition) is 1. The zero-order valence-electron chi connectivity index (χ0n) is 14.1. The van der Waals surface area contributed by atoms with Gasteiger partial charge in [0.15, 0.2) is 0 Å². The minimum atomic E-state index is 0.100. The van der Waals surface area contributed by atoms with Crippen LogP contribution in [-0.4, -0.2) is 36.5 Å². The van der Waals surface area contributed by atoms with E-state index in [2.05, 4.69) is 24.1 Å². The maximum Gasteiger partial charge on any atom is 0.223 e. The molecule has 0 aromatic heterocycles. The van der Waals surface area contributed by atoms with E-state index in [0.29, 0.717) is 12.0 Å². The van der Waals surface area contributed by atoms with E-state index in [1.807, 2.05) is 24.3 Å². The Morgan fingerprint density at radius 3 is 2.74 bits per heavy atom. The van der Waals surface area contributed by atoms with Gasteiger partial charge in [-0.3, -0.25) is 9.69 Å². The Kier molecular flexibility index (Phi) is 5.27. The summed E-state index contributed by atoms with van der Waals surface area (Å²) in [5.41, 5.74) is 1.12. The number of piperidine rings is 1. The van der Waals surface area contributed by atoms with Crippen LogP contribution in [0.2, 0.25) is 5.02 Å². The van der Waals surface area contributed by atoms with Gasteiger partial charge in [-0.15, -0.1) is 0 Å². The molecule has 1 amide bonds. The van der Waals surface area contributed by atoms with Gasteiger partial charge in [-0.1, -0.05) is 36.7 Å². The number of carbonyl (C=O) groups excluding carboxylic acids is 1. The fourth-order valence-corrected chi connectivity index (χ4v) is 3.86. The summed E-state index contributed by atoms with van der Waals surface area (Å²) in [5.74, 6) is 1.43. The molecule has 2 fully saturated rings. The van der Waals surface area contributed by atoms with Gasteiger partial charge in [0.2, 0.25) is 5.91 Å². The molecule has 1 saturated heterocycles.